The second-order valence-corrected chi connectivity index (χ2v) is 8.22. The Labute approximate surface area is 161 Å². The zero-order valence-corrected chi connectivity index (χ0v) is 17.1. The normalized spacial score (nSPS) is 12.5. The topological polar surface area (TPSA) is 84.5 Å². The number of ether oxygens (including phenoxy) is 1. The van der Waals surface area contributed by atoms with E-state index in [1.54, 1.807) is 12.1 Å². The summed E-state index contributed by atoms with van der Waals surface area (Å²) in [7, 11) is -3.82. The number of carbonyl (C=O) groups excluding carboxylic acids is 1. The monoisotopic (exact) mass is 390 g/mol. The third-order valence-electron chi connectivity index (χ3n) is 4.10. The summed E-state index contributed by atoms with van der Waals surface area (Å²) in [5, 5.41) is 2.82. The van der Waals surface area contributed by atoms with Gasteiger partial charge in [0.05, 0.1) is 17.5 Å². The molecule has 146 valence electrons. The summed E-state index contributed by atoms with van der Waals surface area (Å²) in [5.74, 6) is 0.173. The standard InChI is InChI=1S/C20H26N2O4S/c1-6-26-17-7-9-18(10-8-17)27(24,25)22-16(5)20(23)21-19-14(3)11-13(2)12-15(19)4/h7-12,16,22H,6H2,1-5H3,(H,21,23)/t16-/m0/s1. The molecule has 0 heterocycles. The lowest BCUT2D eigenvalue weighted by Crippen LogP contribution is -2.41. The largest absolute Gasteiger partial charge is 0.494 e. The van der Waals surface area contributed by atoms with Crippen LogP contribution in [0.2, 0.25) is 0 Å². The molecule has 0 aliphatic rings. The lowest BCUT2D eigenvalue weighted by molar-refractivity contribution is -0.117. The van der Waals surface area contributed by atoms with Gasteiger partial charge in [-0.05, 0) is 70.0 Å². The number of nitrogens with one attached hydrogen (secondary N) is 2. The molecule has 6 nitrogen and oxygen atoms in total. The lowest BCUT2D eigenvalue weighted by Gasteiger charge is -2.17. The van der Waals surface area contributed by atoms with Crippen molar-refractivity contribution in [1.82, 2.24) is 4.72 Å². The van der Waals surface area contributed by atoms with E-state index in [9.17, 15) is 13.2 Å². The number of amides is 1. The molecule has 7 heteroatoms. The maximum Gasteiger partial charge on any atom is 0.242 e. The van der Waals surface area contributed by atoms with Crippen molar-refractivity contribution in [2.24, 2.45) is 0 Å². The van der Waals surface area contributed by atoms with Gasteiger partial charge in [-0.2, -0.15) is 4.72 Å². The van der Waals surface area contributed by atoms with Crippen molar-refractivity contribution in [2.75, 3.05) is 11.9 Å². The summed E-state index contributed by atoms with van der Waals surface area (Å²) in [6, 6.07) is 9.08. The van der Waals surface area contributed by atoms with E-state index >= 15 is 0 Å². The van der Waals surface area contributed by atoms with Crippen LogP contribution in [-0.4, -0.2) is 27.0 Å². The Morgan fingerprint density at radius 3 is 2.15 bits per heavy atom. The average molecular weight is 391 g/mol. The van der Waals surface area contributed by atoms with Gasteiger partial charge >= 0.3 is 0 Å². The van der Waals surface area contributed by atoms with Crippen molar-refractivity contribution in [3.05, 3.63) is 53.1 Å². The predicted octanol–water partition coefficient (Wildman–Crippen LogP) is 3.32. The number of benzene rings is 2. The number of hydrogen-bond acceptors (Lipinski definition) is 4. The minimum absolute atomic E-state index is 0.0771. The molecule has 2 N–H and O–H groups in total. The maximum absolute atomic E-state index is 12.5. The highest BCUT2D eigenvalue weighted by molar-refractivity contribution is 7.89. The molecule has 2 rings (SSSR count). The van der Waals surface area contributed by atoms with E-state index < -0.39 is 22.0 Å². The van der Waals surface area contributed by atoms with E-state index in [-0.39, 0.29) is 4.90 Å². The van der Waals surface area contributed by atoms with Crippen LogP contribution in [0.15, 0.2) is 41.3 Å². The van der Waals surface area contributed by atoms with Crippen LogP contribution in [0, 0.1) is 20.8 Å². The average Bonchev–Trinajstić information content (AvgIpc) is 2.58. The Morgan fingerprint density at radius 2 is 1.63 bits per heavy atom. The Hall–Kier alpha value is -2.38. The van der Waals surface area contributed by atoms with Gasteiger partial charge in [0, 0.05) is 5.69 Å². The van der Waals surface area contributed by atoms with Crippen LogP contribution in [0.4, 0.5) is 5.69 Å². The molecule has 0 aliphatic carbocycles. The SMILES string of the molecule is CCOc1ccc(S(=O)(=O)N[C@@H](C)C(=O)Nc2c(C)cc(C)cc2C)cc1. The third-order valence-corrected chi connectivity index (χ3v) is 5.65. The maximum atomic E-state index is 12.5. The van der Waals surface area contributed by atoms with Crippen LogP contribution < -0.4 is 14.8 Å². The van der Waals surface area contributed by atoms with Crippen LogP contribution in [0.3, 0.4) is 0 Å². The molecule has 2 aromatic carbocycles. The Balaban J connectivity index is 2.11. The number of aryl methyl sites for hydroxylation is 3. The van der Waals surface area contributed by atoms with E-state index in [2.05, 4.69) is 10.0 Å². The Morgan fingerprint density at radius 1 is 1.07 bits per heavy atom. The minimum Gasteiger partial charge on any atom is -0.494 e. The van der Waals surface area contributed by atoms with Crippen molar-refractivity contribution in [3.8, 4) is 5.75 Å². The van der Waals surface area contributed by atoms with Gasteiger partial charge in [-0.15, -0.1) is 0 Å². The second kappa shape index (κ2) is 8.54. The van der Waals surface area contributed by atoms with Crippen molar-refractivity contribution < 1.29 is 17.9 Å². The van der Waals surface area contributed by atoms with Gasteiger partial charge in [-0.25, -0.2) is 8.42 Å². The van der Waals surface area contributed by atoms with Crippen LogP contribution in [0.1, 0.15) is 30.5 Å². The van der Waals surface area contributed by atoms with Gasteiger partial charge < -0.3 is 10.1 Å². The molecular weight excluding hydrogens is 364 g/mol. The first kappa shape index (κ1) is 20.9. The molecule has 0 spiro atoms. The molecule has 0 aliphatic heterocycles. The zero-order valence-electron chi connectivity index (χ0n) is 16.3. The molecule has 0 bridgehead atoms. The molecule has 1 atom stereocenters. The summed E-state index contributed by atoms with van der Waals surface area (Å²) >= 11 is 0. The first-order valence-electron chi connectivity index (χ1n) is 8.78. The smallest absolute Gasteiger partial charge is 0.242 e. The molecular formula is C20H26N2O4S. The summed E-state index contributed by atoms with van der Waals surface area (Å²) in [5.41, 5.74) is 3.68. The van der Waals surface area contributed by atoms with Crippen molar-refractivity contribution in [1.29, 1.82) is 0 Å². The fraction of sp³-hybridized carbons (Fsp3) is 0.350. The van der Waals surface area contributed by atoms with Crippen molar-refractivity contribution in [2.45, 2.75) is 45.6 Å². The second-order valence-electron chi connectivity index (χ2n) is 6.51. The predicted molar refractivity (Wildman–Crippen MR) is 107 cm³/mol. The van der Waals surface area contributed by atoms with Crippen LogP contribution in [0.5, 0.6) is 5.75 Å². The van der Waals surface area contributed by atoms with Gasteiger partial charge in [0.1, 0.15) is 5.75 Å². The third kappa shape index (κ3) is 5.30. The summed E-state index contributed by atoms with van der Waals surface area (Å²) in [6.07, 6.45) is 0. The number of sulfonamides is 1. The molecule has 1 amide bonds. The van der Waals surface area contributed by atoms with Gasteiger partial charge in [-0.3, -0.25) is 4.79 Å². The van der Waals surface area contributed by atoms with E-state index in [0.29, 0.717) is 18.0 Å². The summed E-state index contributed by atoms with van der Waals surface area (Å²) in [6.45, 7) is 9.66. The molecule has 0 fully saturated rings. The first-order valence-corrected chi connectivity index (χ1v) is 10.3. The number of anilines is 1. The van der Waals surface area contributed by atoms with E-state index in [4.69, 9.17) is 4.74 Å². The van der Waals surface area contributed by atoms with Gasteiger partial charge in [0.15, 0.2) is 0 Å². The highest BCUT2D eigenvalue weighted by atomic mass is 32.2. The first-order chi connectivity index (χ1) is 12.6. The van der Waals surface area contributed by atoms with Gasteiger partial charge in [0.25, 0.3) is 0 Å². The molecule has 0 aromatic heterocycles. The molecule has 2 aromatic rings. The minimum atomic E-state index is -3.82. The molecule has 0 unspecified atom stereocenters. The fourth-order valence-electron chi connectivity index (χ4n) is 2.84. The van der Waals surface area contributed by atoms with Crippen molar-refractivity contribution >= 4 is 21.6 Å². The molecule has 0 saturated heterocycles. The van der Waals surface area contributed by atoms with E-state index in [0.717, 1.165) is 16.7 Å². The number of hydrogen-bond donors (Lipinski definition) is 2. The highest BCUT2D eigenvalue weighted by Gasteiger charge is 2.23. The van der Waals surface area contributed by atoms with E-state index in [1.807, 2.05) is 39.8 Å². The quantitative estimate of drug-likeness (QED) is 0.760. The van der Waals surface area contributed by atoms with Crippen LogP contribution >= 0.6 is 0 Å². The molecule has 0 radical (unpaired) electrons. The van der Waals surface area contributed by atoms with Crippen molar-refractivity contribution in [3.63, 3.8) is 0 Å². The Kier molecular flexibility index (Phi) is 6.62. The van der Waals surface area contributed by atoms with Gasteiger partial charge in [0.2, 0.25) is 15.9 Å². The number of rotatable bonds is 7. The molecule has 27 heavy (non-hydrogen) atoms. The van der Waals surface area contributed by atoms with Gasteiger partial charge in [-0.1, -0.05) is 17.7 Å². The fourth-order valence-corrected chi connectivity index (χ4v) is 4.05. The Bertz CT molecular complexity index is 898. The van der Waals surface area contributed by atoms with Crippen LogP contribution in [-0.2, 0) is 14.8 Å². The summed E-state index contributed by atoms with van der Waals surface area (Å²) < 4.78 is 32.8. The lowest BCUT2D eigenvalue weighted by atomic mass is 10.0. The molecule has 0 saturated carbocycles. The highest BCUT2D eigenvalue weighted by Crippen LogP contribution is 2.22. The number of carbonyl (C=O) groups is 1. The van der Waals surface area contributed by atoms with E-state index in [1.165, 1.54) is 19.1 Å². The summed E-state index contributed by atoms with van der Waals surface area (Å²) in [4.78, 5) is 12.6. The zero-order chi connectivity index (χ0) is 20.2. The van der Waals surface area contributed by atoms with Crippen LogP contribution in [0.25, 0.3) is 0 Å².